The molecule has 0 bridgehead atoms. The Bertz CT molecular complexity index is 681. The lowest BCUT2D eigenvalue weighted by atomic mass is 10.1. The summed E-state index contributed by atoms with van der Waals surface area (Å²) in [6.07, 6.45) is 0. The molecule has 7 nitrogen and oxygen atoms in total. The Labute approximate surface area is 185 Å². The van der Waals surface area contributed by atoms with E-state index in [-0.39, 0.29) is 24.0 Å². The zero-order chi connectivity index (χ0) is 20.0. The molecule has 0 spiro atoms. The number of guanidine groups is 1. The number of rotatable bonds is 6. The van der Waals surface area contributed by atoms with Gasteiger partial charge in [-0.2, -0.15) is 0 Å². The predicted molar refractivity (Wildman–Crippen MR) is 123 cm³/mol. The highest BCUT2D eigenvalue weighted by atomic mass is 127. The van der Waals surface area contributed by atoms with Crippen LogP contribution in [0.1, 0.15) is 36.7 Å². The predicted octanol–water partition coefficient (Wildman–Crippen LogP) is 2.49. The molecule has 1 fully saturated rings. The molecule has 1 aromatic carbocycles. The Balaban J connectivity index is 0.00000392. The highest BCUT2D eigenvalue weighted by Gasteiger charge is 2.31. The summed E-state index contributed by atoms with van der Waals surface area (Å²) in [7, 11) is 4.67. The Morgan fingerprint density at radius 2 is 2.04 bits per heavy atom. The number of nitrogens with one attached hydrogen (secondary N) is 2. The molecule has 158 valence electrons. The van der Waals surface area contributed by atoms with Crippen molar-refractivity contribution in [2.75, 3.05) is 34.4 Å². The van der Waals surface area contributed by atoms with Crippen molar-refractivity contribution in [3.8, 4) is 5.75 Å². The lowest BCUT2D eigenvalue weighted by Crippen LogP contribution is -2.46. The molecule has 1 heterocycles. The van der Waals surface area contributed by atoms with E-state index < -0.39 is 5.97 Å². The van der Waals surface area contributed by atoms with Crippen LogP contribution in [0, 0.1) is 5.92 Å². The van der Waals surface area contributed by atoms with Gasteiger partial charge in [0, 0.05) is 38.8 Å². The lowest BCUT2D eigenvalue weighted by molar-refractivity contribution is 0.0597. The van der Waals surface area contributed by atoms with Gasteiger partial charge in [0.25, 0.3) is 0 Å². The summed E-state index contributed by atoms with van der Waals surface area (Å²) < 4.78 is 10.1. The molecule has 0 radical (unpaired) electrons. The topological polar surface area (TPSA) is 75.2 Å². The van der Waals surface area contributed by atoms with Crippen LogP contribution >= 0.6 is 24.0 Å². The van der Waals surface area contributed by atoms with Crippen molar-refractivity contribution in [3.05, 3.63) is 29.3 Å². The van der Waals surface area contributed by atoms with Crippen molar-refractivity contribution < 1.29 is 14.3 Å². The van der Waals surface area contributed by atoms with E-state index in [9.17, 15) is 4.79 Å². The van der Waals surface area contributed by atoms with Crippen LogP contribution in [0.25, 0.3) is 0 Å². The number of halogens is 1. The van der Waals surface area contributed by atoms with E-state index in [1.54, 1.807) is 19.2 Å². The summed E-state index contributed by atoms with van der Waals surface area (Å²) in [5.74, 6) is 1.40. The first-order valence-corrected chi connectivity index (χ1v) is 9.36. The van der Waals surface area contributed by atoms with Gasteiger partial charge in [0.1, 0.15) is 11.3 Å². The van der Waals surface area contributed by atoms with E-state index in [2.05, 4.69) is 41.3 Å². The van der Waals surface area contributed by atoms with Gasteiger partial charge in [-0.05, 0) is 37.5 Å². The van der Waals surface area contributed by atoms with Crippen LogP contribution in [0.5, 0.6) is 5.75 Å². The average molecular weight is 504 g/mol. The molecule has 2 atom stereocenters. The van der Waals surface area contributed by atoms with Crippen LogP contribution in [0.3, 0.4) is 0 Å². The Morgan fingerprint density at radius 3 is 2.57 bits per heavy atom. The van der Waals surface area contributed by atoms with Crippen molar-refractivity contribution in [2.45, 2.75) is 39.4 Å². The normalized spacial score (nSPS) is 19.9. The quantitative estimate of drug-likeness (QED) is 0.269. The zero-order valence-electron chi connectivity index (χ0n) is 17.6. The maximum Gasteiger partial charge on any atom is 0.341 e. The second-order valence-corrected chi connectivity index (χ2v) is 7.23. The SMILES string of the molecule is CN=C(NCc1ccc(OC)c(C(=O)OC)c1)NC1CN(C(C)C)CC1C.I. The molecule has 2 N–H and O–H groups in total. The van der Waals surface area contributed by atoms with Crippen LogP contribution in [0.4, 0.5) is 0 Å². The smallest absolute Gasteiger partial charge is 0.341 e. The summed E-state index contributed by atoms with van der Waals surface area (Å²) in [6, 6.07) is 6.39. The molecule has 8 heteroatoms. The van der Waals surface area contributed by atoms with E-state index in [4.69, 9.17) is 9.47 Å². The maximum atomic E-state index is 11.9. The standard InChI is InChI=1S/C20H32N4O3.HI/c1-13(2)24-11-14(3)17(12-24)23-20(21-4)22-10-15-7-8-18(26-5)16(9-15)19(25)27-6;/h7-9,13-14,17H,10-12H2,1-6H3,(H2,21,22,23);1H. The van der Waals surface area contributed by atoms with Crippen molar-refractivity contribution >= 4 is 35.9 Å². The van der Waals surface area contributed by atoms with E-state index >= 15 is 0 Å². The number of carbonyl (C=O) groups excluding carboxylic acids is 1. The molecular formula is C20H33IN4O3. The number of ether oxygens (including phenoxy) is 2. The number of esters is 1. The lowest BCUT2D eigenvalue weighted by Gasteiger charge is -2.22. The van der Waals surface area contributed by atoms with Crippen molar-refractivity contribution in [3.63, 3.8) is 0 Å². The third-order valence-corrected chi connectivity index (χ3v) is 5.05. The molecule has 1 aromatic rings. The van der Waals surface area contributed by atoms with E-state index in [1.807, 2.05) is 6.07 Å². The molecular weight excluding hydrogens is 471 g/mol. The number of nitrogens with zero attached hydrogens (tertiary/aromatic N) is 2. The van der Waals surface area contributed by atoms with Gasteiger partial charge in [-0.1, -0.05) is 13.0 Å². The maximum absolute atomic E-state index is 11.9. The fraction of sp³-hybridized carbons (Fsp3) is 0.600. The second-order valence-electron chi connectivity index (χ2n) is 7.23. The molecule has 1 saturated heterocycles. The van der Waals surface area contributed by atoms with Crippen LogP contribution < -0.4 is 15.4 Å². The molecule has 1 aliphatic rings. The Kier molecular flexibility index (Phi) is 10.0. The summed E-state index contributed by atoms with van der Waals surface area (Å²) in [5.41, 5.74) is 1.36. The van der Waals surface area contributed by atoms with Gasteiger partial charge in [0.15, 0.2) is 5.96 Å². The minimum absolute atomic E-state index is 0. The monoisotopic (exact) mass is 504 g/mol. The third-order valence-electron chi connectivity index (χ3n) is 5.05. The summed E-state index contributed by atoms with van der Waals surface area (Å²) in [6.45, 7) is 9.36. The van der Waals surface area contributed by atoms with Crippen molar-refractivity contribution in [2.24, 2.45) is 10.9 Å². The Hall–Kier alpha value is -1.55. The van der Waals surface area contributed by atoms with Gasteiger partial charge < -0.3 is 20.1 Å². The van der Waals surface area contributed by atoms with E-state index in [0.717, 1.165) is 24.6 Å². The highest BCUT2D eigenvalue weighted by Crippen LogP contribution is 2.21. The zero-order valence-corrected chi connectivity index (χ0v) is 19.9. The van der Waals surface area contributed by atoms with Crippen LogP contribution in [0.2, 0.25) is 0 Å². The molecule has 0 amide bonds. The van der Waals surface area contributed by atoms with Crippen LogP contribution in [-0.2, 0) is 11.3 Å². The molecule has 28 heavy (non-hydrogen) atoms. The van der Waals surface area contributed by atoms with Crippen LogP contribution in [-0.4, -0.2) is 63.3 Å². The minimum Gasteiger partial charge on any atom is -0.496 e. The number of hydrogen-bond acceptors (Lipinski definition) is 5. The second kappa shape index (κ2) is 11.5. The summed E-state index contributed by atoms with van der Waals surface area (Å²) >= 11 is 0. The molecule has 0 aromatic heterocycles. The molecule has 0 aliphatic carbocycles. The van der Waals surface area contributed by atoms with Crippen molar-refractivity contribution in [1.29, 1.82) is 0 Å². The average Bonchev–Trinajstić information content (AvgIpc) is 3.04. The molecule has 1 aliphatic heterocycles. The largest absolute Gasteiger partial charge is 0.496 e. The summed E-state index contributed by atoms with van der Waals surface area (Å²) in [5, 5.41) is 6.85. The number of likely N-dealkylation sites (tertiary alicyclic amines) is 1. The van der Waals surface area contributed by atoms with E-state index in [1.165, 1.54) is 14.2 Å². The number of methoxy groups -OCH3 is 2. The fourth-order valence-electron chi connectivity index (χ4n) is 3.30. The third kappa shape index (κ3) is 6.23. The van der Waals surface area contributed by atoms with Gasteiger partial charge in [0.05, 0.1) is 14.2 Å². The number of benzene rings is 1. The first-order valence-electron chi connectivity index (χ1n) is 9.36. The Morgan fingerprint density at radius 1 is 1.32 bits per heavy atom. The van der Waals surface area contributed by atoms with Gasteiger partial charge in [0.2, 0.25) is 0 Å². The van der Waals surface area contributed by atoms with Gasteiger partial charge in [-0.25, -0.2) is 4.79 Å². The fourth-order valence-corrected chi connectivity index (χ4v) is 3.30. The molecule has 0 saturated carbocycles. The van der Waals surface area contributed by atoms with Gasteiger partial charge in [-0.3, -0.25) is 9.89 Å². The highest BCUT2D eigenvalue weighted by molar-refractivity contribution is 14.0. The number of carbonyl (C=O) groups is 1. The van der Waals surface area contributed by atoms with Crippen LogP contribution in [0.15, 0.2) is 23.2 Å². The number of aliphatic imine (C=N–C) groups is 1. The van der Waals surface area contributed by atoms with Crippen molar-refractivity contribution in [1.82, 2.24) is 15.5 Å². The molecule has 2 unspecified atom stereocenters. The molecule has 2 rings (SSSR count). The van der Waals surface area contributed by atoms with Gasteiger partial charge >= 0.3 is 5.97 Å². The number of hydrogen-bond donors (Lipinski definition) is 2. The first-order chi connectivity index (χ1) is 12.9. The summed E-state index contributed by atoms with van der Waals surface area (Å²) in [4.78, 5) is 18.7. The minimum atomic E-state index is -0.412. The first kappa shape index (κ1) is 24.5. The van der Waals surface area contributed by atoms with Gasteiger partial charge in [-0.15, -0.1) is 24.0 Å². The van der Waals surface area contributed by atoms with E-state index in [0.29, 0.717) is 35.9 Å².